The van der Waals surface area contributed by atoms with Crippen LogP contribution < -0.4 is 10.1 Å². The molecule has 0 bridgehead atoms. The molecule has 0 aliphatic carbocycles. The van der Waals surface area contributed by atoms with E-state index in [0.29, 0.717) is 11.8 Å². The summed E-state index contributed by atoms with van der Waals surface area (Å²) in [5, 5.41) is 1.81. The second-order valence-corrected chi connectivity index (χ2v) is 4.21. The molecule has 9 heteroatoms. The lowest BCUT2D eigenvalue weighted by molar-refractivity contribution is -0.141. The van der Waals surface area contributed by atoms with Gasteiger partial charge in [-0.15, -0.1) is 0 Å². The maximum absolute atomic E-state index is 13.6. The van der Waals surface area contributed by atoms with E-state index in [1.165, 1.54) is 19.2 Å². The Morgan fingerprint density at radius 3 is 2.52 bits per heavy atom. The molecule has 1 heterocycles. The summed E-state index contributed by atoms with van der Waals surface area (Å²) in [5.41, 5.74) is -1.33. The second-order valence-electron chi connectivity index (χ2n) is 3.88. The molecule has 21 heavy (non-hydrogen) atoms. The van der Waals surface area contributed by atoms with Crippen molar-refractivity contribution < 1.29 is 22.3 Å². The molecular formula is C12H8ClF4N3O. The molecule has 0 unspecified atom stereocenters. The zero-order valence-electron chi connectivity index (χ0n) is 10.5. The zero-order chi connectivity index (χ0) is 15.6. The van der Waals surface area contributed by atoms with Crippen molar-refractivity contribution in [3.63, 3.8) is 0 Å². The van der Waals surface area contributed by atoms with Crippen LogP contribution in [0.2, 0.25) is 5.28 Å². The largest absolute Gasteiger partial charge is 0.497 e. The summed E-state index contributed by atoms with van der Waals surface area (Å²) in [6.07, 6.45) is -4.68. The van der Waals surface area contributed by atoms with Crippen LogP contribution in [0.4, 0.5) is 29.1 Å². The van der Waals surface area contributed by atoms with Gasteiger partial charge in [-0.25, -0.2) is 14.4 Å². The molecule has 0 spiro atoms. The van der Waals surface area contributed by atoms with Crippen molar-refractivity contribution in [3.05, 3.63) is 41.1 Å². The van der Waals surface area contributed by atoms with E-state index >= 15 is 0 Å². The van der Waals surface area contributed by atoms with E-state index in [4.69, 9.17) is 16.3 Å². The Morgan fingerprint density at radius 2 is 1.90 bits per heavy atom. The minimum atomic E-state index is -4.68. The third-order valence-corrected chi connectivity index (χ3v) is 2.59. The first-order valence-corrected chi connectivity index (χ1v) is 5.90. The number of methoxy groups -OCH3 is 1. The van der Waals surface area contributed by atoms with Crippen LogP contribution in [0.25, 0.3) is 0 Å². The van der Waals surface area contributed by atoms with E-state index in [2.05, 4.69) is 15.3 Å². The summed E-state index contributed by atoms with van der Waals surface area (Å²) < 4.78 is 56.4. The molecule has 4 nitrogen and oxygen atoms in total. The number of anilines is 2. The van der Waals surface area contributed by atoms with Crippen molar-refractivity contribution in [1.82, 2.24) is 9.97 Å². The van der Waals surface area contributed by atoms with E-state index in [1.807, 2.05) is 0 Å². The summed E-state index contributed by atoms with van der Waals surface area (Å²) in [6.45, 7) is 0. The Morgan fingerprint density at radius 1 is 1.19 bits per heavy atom. The highest BCUT2D eigenvalue weighted by molar-refractivity contribution is 6.28. The summed E-state index contributed by atoms with van der Waals surface area (Å²) >= 11 is 5.44. The van der Waals surface area contributed by atoms with Crippen molar-refractivity contribution in [2.75, 3.05) is 12.4 Å². The highest BCUT2D eigenvalue weighted by Crippen LogP contribution is 2.31. The van der Waals surface area contributed by atoms with Gasteiger partial charge in [0.25, 0.3) is 0 Å². The Hall–Kier alpha value is -2.09. The number of halogens is 5. The highest BCUT2D eigenvalue weighted by Gasteiger charge is 2.33. The van der Waals surface area contributed by atoms with Gasteiger partial charge in [-0.3, -0.25) is 0 Å². The molecule has 1 N–H and O–H groups in total. The van der Waals surface area contributed by atoms with E-state index in [-0.39, 0.29) is 11.5 Å². The molecule has 0 atom stereocenters. The van der Waals surface area contributed by atoms with Gasteiger partial charge >= 0.3 is 6.18 Å². The van der Waals surface area contributed by atoms with E-state index in [9.17, 15) is 17.6 Å². The molecule has 112 valence electrons. The molecule has 0 fully saturated rings. The fourth-order valence-corrected chi connectivity index (χ4v) is 1.67. The zero-order valence-corrected chi connectivity index (χ0v) is 11.3. The van der Waals surface area contributed by atoms with Crippen LogP contribution in [0.1, 0.15) is 5.69 Å². The number of nitrogens with zero attached hydrogens (tertiary/aromatic N) is 2. The third-order valence-electron chi connectivity index (χ3n) is 2.43. The van der Waals surface area contributed by atoms with Gasteiger partial charge in [0.1, 0.15) is 17.4 Å². The molecule has 0 aliphatic rings. The van der Waals surface area contributed by atoms with Crippen LogP contribution in [0.5, 0.6) is 5.75 Å². The quantitative estimate of drug-likeness (QED) is 0.684. The van der Waals surface area contributed by atoms with Crippen molar-refractivity contribution in [2.24, 2.45) is 0 Å². The molecule has 0 aliphatic heterocycles. The lowest BCUT2D eigenvalue weighted by Gasteiger charge is -2.11. The van der Waals surface area contributed by atoms with Crippen molar-refractivity contribution in [3.8, 4) is 5.75 Å². The van der Waals surface area contributed by atoms with Gasteiger partial charge < -0.3 is 10.1 Å². The van der Waals surface area contributed by atoms with Crippen molar-refractivity contribution in [1.29, 1.82) is 0 Å². The van der Waals surface area contributed by atoms with Crippen LogP contribution >= 0.6 is 11.6 Å². The fourth-order valence-electron chi connectivity index (χ4n) is 1.49. The number of alkyl halides is 3. The summed E-state index contributed by atoms with van der Waals surface area (Å²) in [4.78, 5) is 6.65. The lowest BCUT2D eigenvalue weighted by Crippen LogP contribution is -2.10. The molecule has 0 saturated heterocycles. The third kappa shape index (κ3) is 3.72. The number of ether oxygens (including phenoxy) is 1. The molecule has 2 aromatic rings. The predicted molar refractivity (Wildman–Crippen MR) is 68.3 cm³/mol. The van der Waals surface area contributed by atoms with Crippen molar-refractivity contribution in [2.45, 2.75) is 6.18 Å². The first kappa shape index (κ1) is 15.3. The first-order chi connectivity index (χ1) is 9.79. The molecule has 1 aromatic carbocycles. The number of hydrogen-bond acceptors (Lipinski definition) is 4. The number of aromatic nitrogens is 2. The Labute approximate surface area is 121 Å². The SMILES string of the molecule is COc1ccc(F)c(Nc2cc(C(F)(F)F)nc(Cl)n2)c1. The molecule has 2 rings (SSSR count). The van der Waals surface area contributed by atoms with Gasteiger partial charge in [0.05, 0.1) is 12.8 Å². The fraction of sp³-hybridized carbons (Fsp3) is 0.167. The van der Waals surface area contributed by atoms with Gasteiger partial charge in [0, 0.05) is 12.1 Å². The second kappa shape index (κ2) is 5.72. The minimum Gasteiger partial charge on any atom is -0.497 e. The smallest absolute Gasteiger partial charge is 0.433 e. The van der Waals surface area contributed by atoms with Crippen LogP contribution in [0, 0.1) is 5.82 Å². The maximum atomic E-state index is 13.6. The lowest BCUT2D eigenvalue weighted by atomic mass is 10.2. The van der Waals surface area contributed by atoms with Gasteiger partial charge in [-0.1, -0.05) is 0 Å². The first-order valence-electron chi connectivity index (χ1n) is 5.52. The molecular weight excluding hydrogens is 314 g/mol. The standard InChI is InChI=1S/C12H8ClF4N3O/c1-21-6-2-3-7(14)8(4-6)18-10-5-9(12(15,16)17)19-11(13)20-10/h2-5H,1H3,(H,18,19,20). The van der Waals surface area contributed by atoms with Crippen LogP contribution in [-0.2, 0) is 6.18 Å². The summed E-state index contributed by atoms with van der Waals surface area (Å²) in [5.74, 6) is -0.635. The number of hydrogen-bond donors (Lipinski definition) is 1. The Bertz CT molecular complexity index is 663. The number of benzene rings is 1. The highest BCUT2D eigenvalue weighted by atomic mass is 35.5. The normalized spacial score (nSPS) is 11.3. The average molecular weight is 322 g/mol. The maximum Gasteiger partial charge on any atom is 0.433 e. The van der Waals surface area contributed by atoms with E-state index in [0.717, 1.165) is 6.07 Å². The van der Waals surface area contributed by atoms with Gasteiger partial charge in [-0.2, -0.15) is 13.2 Å². The van der Waals surface area contributed by atoms with E-state index < -0.39 is 23.0 Å². The van der Waals surface area contributed by atoms with Gasteiger partial charge in [0.2, 0.25) is 5.28 Å². The minimum absolute atomic E-state index is 0.0998. The average Bonchev–Trinajstić information content (AvgIpc) is 2.39. The Balaban J connectivity index is 2.38. The van der Waals surface area contributed by atoms with Crippen LogP contribution in [-0.4, -0.2) is 17.1 Å². The summed E-state index contributed by atoms with van der Waals surface area (Å²) in [6, 6.07) is 4.38. The Kier molecular flexibility index (Phi) is 4.17. The summed E-state index contributed by atoms with van der Waals surface area (Å²) in [7, 11) is 1.38. The van der Waals surface area contributed by atoms with Gasteiger partial charge in [0.15, 0.2) is 5.69 Å². The van der Waals surface area contributed by atoms with Crippen molar-refractivity contribution >= 4 is 23.1 Å². The number of nitrogens with one attached hydrogen (secondary N) is 1. The molecule has 0 radical (unpaired) electrons. The predicted octanol–water partition coefficient (Wildman–Crippen LogP) is 4.04. The number of rotatable bonds is 3. The van der Waals surface area contributed by atoms with Gasteiger partial charge in [-0.05, 0) is 23.7 Å². The van der Waals surface area contributed by atoms with Crippen LogP contribution in [0.3, 0.4) is 0 Å². The van der Waals surface area contributed by atoms with E-state index in [1.54, 1.807) is 0 Å². The monoisotopic (exact) mass is 321 g/mol. The topological polar surface area (TPSA) is 47.0 Å². The molecule has 0 amide bonds. The molecule has 0 saturated carbocycles. The molecule has 1 aromatic heterocycles. The van der Waals surface area contributed by atoms with Crippen LogP contribution in [0.15, 0.2) is 24.3 Å².